The minimum absolute atomic E-state index is 0.562. The van der Waals surface area contributed by atoms with E-state index in [1.54, 1.807) is 12.1 Å². The molecular formula is C14H9Br2NO. The van der Waals surface area contributed by atoms with Gasteiger partial charge in [-0.2, -0.15) is 5.26 Å². The first-order chi connectivity index (χ1) is 8.58. The molecule has 0 bridgehead atoms. The fraction of sp³-hybridized carbons (Fsp3) is 0.0714. The van der Waals surface area contributed by atoms with Gasteiger partial charge in [0.15, 0.2) is 0 Å². The zero-order valence-electron chi connectivity index (χ0n) is 9.58. The van der Waals surface area contributed by atoms with Crippen molar-refractivity contribution in [2.24, 2.45) is 0 Å². The van der Waals surface area contributed by atoms with Gasteiger partial charge < -0.3 is 4.74 Å². The van der Waals surface area contributed by atoms with Gasteiger partial charge in [0.1, 0.15) is 11.5 Å². The largest absolute Gasteiger partial charge is 0.457 e. The summed E-state index contributed by atoms with van der Waals surface area (Å²) in [6.07, 6.45) is 0. The number of hydrogen-bond acceptors (Lipinski definition) is 2. The number of nitriles is 1. The second-order valence-corrected chi connectivity index (χ2v) is 5.63. The highest BCUT2D eigenvalue weighted by atomic mass is 79.9. The van der Waals surface area contributed by atoms with Crippen molar-refractivity contribution in [2.45, 2.75) is 6.92 Å². The standard InChI is InChI=1S/C14H9Br2NO/c1-9-2-3-11(15)7-14(9)18-13-5-10(8-17)4-12(16)6-13/h2-7H,1H3. The van der Waals surface area contributed by atoms with Gasteiger partial charge in [0.05, 0.1) is 11.6 Å². The van der Waals surface area contributed by atoms with E-state index in [2.05, 4.69) is 37.9 Å². The molecule has 2 rings (SSSR count). The van der Waals surface area contributed by atoms with Gasteiger partial charge in [-0.3, -0.25) is 0 Å². The van der Waals surface area contributed by atoms with E-state index >= 15 is 0 Å². The number of aryl methyl sites for hydroxylation is 1. The van der Waals surface area contributed by atoms with Crippen LogP contribution in [0.4, 0.5) is 0 Å². The molecule has 0 N–H and O–H groups in total. The maximum atomic E-state index is 8.92. The predicted octanol–water partition coefficient (Wildman–Crippen LogP) is 5.18. The van der Waals surface area contributed by atoms with Crippen LogP contribution in [0.2, 0.25) is 0 Å². The summed E-state index contributed by atoms with van der Waals surface area (Å²) in [5, 5.41) is 8.92. The van der Waals surface area contributed by atoms with Crippen molar-refractivity contribution in [3.05, 3.63) is 56.5 Å². The number of rotatable bonds is 2. The third-order valence-electron chi connectivity index (χ3n) is 2.38. The predicted molar refractivity (Wildman–Crippen MR) is 77.8 cm³/mol. The van der Waals surface area contributed by atoms with Crippen molar-refractivity contribution in [1.29, 1.82) is 5.26 Å². The Morgan fingerprint density at radius 1 is 1.06 bits per heavy atom. The van der Waals surface area contributed by atoms with E-state index in [-0.39, 0.29) is 0 Å². The number of halogens is 2. The molecule has 0 saturated carbocycles. The van der Waals surface area contributed by atoms with E-state index < -0.39 is 0 Å². The molecule has 0 saturated heterocycles. The molecule has 0 heterocycles. The first-order valence-electron chi connectivity index (χ1n) is 5.23. The third-order valence-corrected chi connectivity index (χ3v) is 3.33. The van der Waals surface area contributed by atoms with Crippen LogP contribution in [0.15, 0.2) is 45.3 Å². The fourth-order valence-electron chi connectivity index (χ4n) is 1.50. The van der Waals surface area contributed by atoms with Gasteiger partial charge in [0, 0.05) is 8.95 Å². The van der Waals surface area contributed by atoms with Crippen molar-refractivity contribution in [1.82, 2.24) is 0 Å². The van der Waals surface area contributed by atoms with Crippen LogP contribution in [0.3, 0.4) is 0 Å². The van der Waals surface area contributed by atoms with Gasteiger partial charge in [0.25, 0.3) is 0 Å². The SMILES string of the molecule is Cc1ccc(Br)cc1Oc1cc(Br)cc(C#N)c1. The number of benzene rings is 2. The molecule has 0 amide bonds. The Morgan fingerprint density at radius 2 is 1.83 bits per heavy atom. The molecule has 4 heteroatoms. The number of hydrogen-bond donors (Lipinski definition) is 0. The summed E-state index contributed by atoms with van der Waals surface area (Å²) in [6, 6.07) is 13.2. The summed E-state index contributed by atoms with van der Waals surface area (Å²) in [7, 11) is 0. The van der Waals surface area contributed by atoms with Crippen LogP contribution in [-0.4, -0.2) is 0 Å². The molecule has 0 unspecified atom stereocenters. The van der Waals surface area contributed by atoms with Crippen molar-refractivity contribution in [3.8, 4) is 17.6 Å². The van der Waals surface area contributed by atoms with Crippen LogP contribution in [0.5, 0.6) is 11.5 Å². The second kappa shape index (κ2) is 5.55. The average molecular weight is 367 g/mol. The maximum Gasteiger partial charge on any atom is 0.131 e. The van der Waals surface area contributed by atoms with Crippen LogP contribution in [0, 0.1) is 18.3 Å². The quantitative estimate of drug-likeness (QED) is 0.733. The first kappa shape index (κ1) is 13.1. The molecule has 0 aromatic heterocycles. The van der Waals surface area contributed by atoms with Crippen LogP contribution in [-0.2, 0) is 0 Å². The van der Waals surface area contributed by atoms with E-state index in [9.17, 15) is 0 Å². The van der Waals surface area contributed by atoms with Crippen LogP contribution < -0.4 is 4.74 Å². The van der Waals surface area contributed by atoms with Crippen LogP contribution >= 0.6 is 31.9 Å². The monoisotopic (exact) mass is 365 g/mol. The van der Waals surface area contributed by atoms with Crippen LogP contribution in [0.1, 0.15) is 11.1 Å². The van der Waals surface area contributed by atoms with Gasteiger partial charge in [-0.1, -0.05) is 37.9 Å². The number of ether oxygens (including phenoxy) is 1. The summed E-state index contributed by atoms with van der Waals surface area (Å²) in [4.78, 5) is 0. The van der Waals surface area contributed by atoms with Gasteiger partial charge in [0.2, 0.25) is 0 Å². The Labute approximate surface area is 122 Å². The summed E-state index contributed by atoms with van der Waals surface area (Å²) in [6.45, 7) is 1.98. The minimum Gasteiger partial charge on any atom is -0.457 e. The van der Waals surface area contributed by atoms with Crippen molar-refractivity contribution < 1.29 is 4.74 Å². The molecular weight excluding hydrogens is 358 g/mol. The number of nitrogens with zero attached hydrogens (tertiary/aromatic N) is 1. The zero-order chi connectivity index (χ0) is 13.1. The minimum atomic E-state index is 0.562. The average Bonchev–Trinajstić information content (AvgIpc) is 2.33. The van der Waals surface area contributed by atoms with E-state index in [0.717, 1.165) is 20.3 Å². The molecule has 18 heavy (non-hydrogen) atoms. The molecule has 0 atom stereocenters. The molecule has 2 aromatic rings. The lowest BCUT2D eigenvalue weighted by molar-refractivity contribution is 0.478. The van der Waals surface area contributed by atoms with E-state index in [1.165, 1.54) is 0 Å². The molecule has 0 spiro atoms. The third kappa shape index (κ3) is 3.12. The Balaban J connectivity index is 2.37. The van der Waals surface area contributed by atoms with E-state index in [1.807, 2.05) is 31.2 Å². The Hall–Kier alpha value is -1.31. The second-order valence-electron chi connectivity index (χ2n) is 3.80. The normalized spacial score (nSPS) is 9.89. The molecule has 0 aliphatic carbocycles. The topological polar surface area (TPSA) is 33.0 Å². The van der Waals surface area contributed by atoms with E-state index in [0.29, 0.717) is 11.3 Å². The van der Waals surface area contributed by atoms with Crippen molar-refractivity contribution in [2.75, 3.05) is 0 Å². The smallest absolute Gasteiger partial charge is 0.131 e. The van der Waals surface area contributed by atoms with Crippen LogP contribution in [0.25, 0.3) is 0 Å². The maximum absolute atomic E-state index is 8.92. The molecule has 0 fully saturated rings. The molecule has 0 aliphatic rings. The molecule has 2 nitrogen and oxygen atoms in total. The highest BCUT2D eigenvalue weighted by molar-refractivity contribution is 9.10. The molecule has 2 aromatic carbocycles. The Morgan fingerprint density at radius 3 is 2.56 bits per heavy atom. The molecule has 90 valence electrons. The van der Waals surface area contributed by atoms with Gasteiger partial charge in [-0.25, -0.2) is 0 Å². The molecule has 0 aliphatic heterocycles. The first-order valence-corrected chi connectivity index (χ1v) is 6.82. The highest BCUT2D eigenvalue weighted by Crippen LogP contribution is 2.30. The van der Waals surface area contributed by atoms with Gasteiger partial charge >= 0.3 is 0 Å². The summed E-state index contributed by atoms with van der Waals surface area (Å²) >= 11 is 6.77. The Kier molecular flexibility index (Phi) is 4.05. The summed E-state index contributed by atoms with van der Waals surface area (Å²) in [5.41, 5.74) is 1.60. The summed E-state index contributed by atoms with van der Waals surface area (Å²) in [5.74, 6) is 1.41. The highest BCUT2D eigenvalue weighted by Gasteiger charge is 2.05. The van der Waals surface area contributed by atoms with E-state index in [4.69, 9.17) is 10.00 Å². The molecule has 0 radical (unpaired) electrons. The van der Waals surface area contributed by atoms with Crippen molar-refractivity contribution >= 4 is 31.9 Å². The lowest BCUT2D eigenvalue weighted by Crippen LogP contribution is -1.88. The van der Waals surface area contributed by atoms with Crippen molar-refractivity contribution in [3.63, 3.8) is 0 Å². The lowest BCUT2D eigenvalue weighted by atomic mass is 10.2. The lowest BCUT2D eigenvalue weighted by Gasteiger charge is -2.09. The zero-order valence-corrected chi connectivity index (χ0v) is 12.7. The fourth-order valence-corrected chi connectivity index (χ4v) is 2.31. The van der Waals surface area contributed by atoms with Gasteiger partial charge in [-0.05, 0) is 42.8 Å². The Bertz CT molecular complexity index is 632. The van der Waals surface area contributed by atoms with Gasteiger partial charge in [-0.15, -0.1) is 0 Å². The summed E-state index contributed by atoms with van der Waals surface area (Å²) < 4.78 is 7.58.